The molecule has 7 nitrogen and oxygen atoms in total. The molecule has 2 rings (SSSR count). The van der Waals surface area contributed by atoms with Gasteiger partial charge in [-0.2, -0.15) is 4.98 Å². The molecule has 1 aliphatic rings. The predicted molar refractivity (Wildman–Crippen MR) is 72.2 cm³/mol. The molecule has 1 aromatic heterocycles. The molecule has 1 aromatic rings. The number of esters is 1. The van der Waals surface area contributed by atoms with Crippen LogP contribution in [-0.2, 0) is 14.3 Å². The molecule has 0 radical (unpaired) electrons. The fraction of sp³-hybridized carbons (Fsp3) is 0.615. The Morgan fingerprint density at radius 3 is 2.77 bits per heavy atom. The van der Waals surface area contributed by atoms with Crippen LogP contribution in [-0.4, -0.2) is 33.7 Å². The van der Waals surface area contributed by atoms with Crippen molar-refractivity contribution in [1.29, 1.82) is 0 Å². The Bertz CT molecular complexity index is 634. The van der Waals surface area contributed by atoms with Crippen molar-refractivity contribution in [2.75, 3.05) is 5.73 Å². The largest absolute Gasteiger partial charge is 0.460 e. The number of nitrogens with zero attached hydrogens (tertiary/aromatic N) is 2. The van der Waals surface area contributed by atoms with Crippen LogP contribution in [0.25, 0.3) is 0 Å². The van der Waals surface area contributed by atoms with E-state index in [1.165, 1.54) is 26.8 Å². The first-order valence-corrected chi connectivity index (χ1v) is 6.69. The van der Waals surface area contributed by atoms with E-state index in [0.717, 1.165) is 6.20 Å². The van der Waals surface area contributed by atoms with Crippen LogP contribution in [0, 0.1) is 5.92 Å². The molecule has 22 heavy (non-hydrogen) atoms. The third kappa shape index (κ3) is 2.80. The minimum Gasteiger partial charge on any atom is -0.460 e. The standard InChI is InChI=1S/C13H17F2N3O4/c1-6-10(7(2)21-8(3)19)22-11(13(6,14)15)18-5-4-9(16)17-12(18)20/h4-7,10-11H,1-3H3,(H2,16,17,20)/t6-,7+,10+,11-/m1/s1. The van der Waals surface area contributed by atoms with Crippen molar-refractivity contribution in [3.05, 3.63) is 22.7 Å². The van der Waals surface area contributed by atoms with E-state index in [0.29, 0.717) is 4.57 Å². The second-order valence-corrected chi connectivity index (χ2v) is 5.27. The number of hydrogen-bond acceptors (Lipinski definition) is 6. The van der Waals surface area contributed by atoms with Gasteiger partial charge in [0.2, 0.25) is 6.23 Å². The number of rotatable bonds is 3. The van der Waals surface area contributed by atoms with Crippen LogP contribution in [0.4, 0.5) is 14.6 Å². The Morgan fingerprint density at radius 2 is 2.23 bits per heavy atom. The first kappa shape index (κ1) is 16.3. The summed E-state index contributed by atoms with van der Waals surface area (Å²) >= 11 is 0. The van der Waals surface area contributed by atoms with Crippen LogP contribution < -0.4 is 11.4 Å². The molecule has 0 bridgehead atoms. The Kier molecular flexibility index (Phi) is 4.19. The monoisotopic (exact) mass is 317 g/mol. The molecule has 4 atom stereocenters. The van der Waals surface area contributed by atoms with Crippen molar-refractivity contribution in [3.63, 3.8) is 0 Å². The highest BCUT2D eigenvalue weighted by Gasteiger charge is 2.59. The molecule has 2 N–H and O–H groups in total. The van der Waals surface area contributed by atoms with E-state index < -0.39 is 41.9 Å². The van der Waals surface area contributed by atoms with Gasteiger partial charge < -0.3 is 15.2 Å². The lowest BCUT2D eigenvalue weighted by molar-refractivity contribution is -0.157. The van der Waals surface area contributed by atoms with Gasteiger partial charge in [0.25, 0.3) is 5.92 Å². The first-order valence-electron chi connectivity index (χ1n) is 6.69. The van der Waals surface area contributed by atoms with Gasteiger partial charge in [-0.05, 0) is 13.0 Å². The van der Waals surface area contributed by atoms with Gasteiger partial charge in [-0.3, -0.25) is 9.36 Å². The third-order valence-corrected chi connectivity index (χ3v) is 3.63. The second kappa shape index (κ2) is 5.64. The Balaban J connectivity index is 2.33. The number of nitrogens with two attached hydrogens (primary N) is 1. The molecule has 0 spiro atoms. The van der Waals surface area contributed by atoms with Gasteiger partial charge in [-0.25, -0.2) is 13.6 Å². The summed E-state index contributed by atoms with van der Waals surface area (Å²) in [7, 11) is 0. The summed E-state index contributed by atoms with van der Waals surface area (Å²) < 4.78 is 39.8. The lowest BCUT2D eigenvalue weighted by atomic mass is 9.96. The topological polar surface area (TPSA) is 96.4 Å². The van der Waals surface area contributed by atoms with Gasteiger partial charge in [-0.15, -0.1) is 0 Å². The average Bonchev–Trinajstić information content (AvgIpc) is 2.61. The number of carbonyl (C=O) groups is 1. The molecule has 0 aliphatic carbocycles. The number of aromatic nitrogens is 2. The maximum atomic E-state index is 14.4. The van der Waals surface area contributed by atoms with Crippen molar-refractivity contribution < 1.29 is 23.0 Å². The van der Waals surface area contributed by atoms with Gasteiger partial charge in [0.05, 0.1) is 5.92 Å². The van der Waals surface area contributed by atoms with Gasteiger partial charge in [0, 0.05) is 13.1 Å². The number of carbonyl (C=O) groups excluding carboxylic acids is 1. The van der Waals surface area contributed by atoms with Crippen LogP contribution in [0.3, 0.4) is 0 Å². The highest BCUT2D eigenvalue weighted by atomic mass is 19.3. The summed E-state index contributed by atoms with van der Waals surface area (Å²) in [6.45, 7) is 3.92. The fourth-order valence-corrected chi connectivity index (χ4v) is 2.50. The second-order valence-electron chi connectivity index (χ2n) is 5.27. The highest BCUT2D eigenvalue weighted by molar-refractivity contribution is 5.66. The number of hydrogen-bond donors (Lipinski definition) is 1. The van der Waals surface area contributed by atoms with E-state index in [-0.39, 0.29) is 5.82 Å². The van der Waals surface area contributed by atoms with Crippen LogP contribution in [0.5, 0.6) is 0 Å². The molecule has 0 unspecified atom stereocenters. The Hall–Kier alpha value is -2.03. The van der Waals surface area contributed by atoms with Crippen molar-refractivity contribution in [3.8, 4) is 0 Å². The van der Waals surface area contributed by atoms with E-state index in [2.05, 4.69) is 4.98 Å². The van der Waals surface area contributed by atoms with Crippen molar-refractivity contribution >= 4 is 11.8 Å². The number of alkyl halides is 2. The van der Waals surface area contributed by atoms with Gasteiger partial charge in [-0.1, -0.05) is 6.92 Å². The zero-order valence-corrected chi connectivity index (χ0v) is 12.3. The fourth-order valence-electron chi connectivity index (χ4n) is 2.50. The molecular weight excluding hydrogens is 300 g/mol. The quantitative estimate of drug-likeness (QED) is 0.834. The molecule has 1 saturated heterocycles. The van der Waals surface area contributed by atoms with E-state index in [4.69, 9.17) is 15.2 Å². The molecule has 122 valence electrons. The average molecular weight is 317 g/mol. The molecule has 1 fully saturated rings. The Morgan fingerprint density at radius 1 is 1.59 bits per heavy atom. The van der Waals surface area contributed by atoms with Crippen molar-refractivity contribution in [1.82, 2.24) is 9.55 Å². The highest BCUT2D eigenvalue weighted by Crippen LogP contribution is 2.47. The minimum atomic E-state index is -3.33. The normalized spacial score (nSPS) is 28.3. The maximum Gasteiger partial charge on any atom is 0.351 e. The van der Waals surface area contributed by atoms with E-state index in [1.54, 1.807) is 0 Å². The Labute approximate surface area is 125 Å². The summed E-state index contributed by atoms with van der Waals surface area (Å²) in [6.07, 6.45) is -2.64. The van der Waals surface area contributed by atoms with E-state index in [1.807, 2.05) is 0 Å². The van der Waals surface area contributed by atoms with Crippen LogP contribution in [0.2, 0.25) is 0 Å². The summed E-state index contributed by atoms with van der Waals surface area (Å²) in [5.41, 5.74) is 4.41. The molecule has 2 heterocycles. The lowest BCUT2D eigenvalue weighted by Crippen LogP contribution is -2.38. The summed E-state index contributed by atoms with van der Waals surface area (Å²) in [6, 6.07) is 1.23. The van der Waals surface area contributed by atoms with Crippen LogP contribution in [0.1, 0.15) is 27.0 Å². The number of nitrogen functional groups attached to an aromatic ring is 1. The van der Waals surface area contributed by atoms with Crippen molar-refractivity contribution in [2.45, 2.75) is 45.1 Å². The molecule has 1 aliphatic heterocycles. The summed E-state index contributed by atoms with van der Waals surface area (Å²) in [4.78, 5) is 26.1. The molecule has 9 heteroatoms. The first-order chi connectivity index (χ1) is 10.1. The van der Waals surface area contributed by atoms with Gasteiger partial charge in [0.15, 0.2) is 0 Å². The predicted octanol–water partition coefficient (Wildman–Crippen LogP) is 0.946. The van der Waals surface area contributed by atoms with Crippen LogP contribution in [0.15, 0.2) is 17.1 Å². The maximum absolute atomic E-state index is 14.4. The zero-order chi connectivity index (χ0) is 16.7. The summed E-state index contributed by atoms with van der Waals surface area (Å²) in [5.74, 6) is -5.25. The van der Waals surface area contributed by atoms with Crippen LogP contribution >= 0.6 is 0 Å². The molecule has 0 saturated carbocycles. The van der Waals surface area contributed by atoms with E-state index >= 15 is 0 Å². The van der Waals surface area contributed by atoms with Gasteiger partial charge >= 0.3 is 11.7 Å². The lowest BCUT2D eigenvalue weighted by Gasteiger charge is -2.22. The zero-order valence-electron chi connectivity index (χ0n) is 12.3. The number of ether oxygens (including phenoxy) is 2. The van der Waals surface area contributed by atoms with Crippen molar-refractivity contribution in [2.24, 2.45) is 5.92 Å². The van der Waals surface area contributed by atoms with Gasteiger partial charge in [0.1, 0.15) is 18.0 Å². The smallest absolute Gasteiger partial charge is 0.351 e. The number of anilines is 1. The minimum absolute atomic E-state index is 0.0690. The third-order valence-electron chi connectivity index (χ3n) is 3.63. The SMILES string of the molecule is CC(=O)O[C@@H](C)[C@H]1O[C@@H](n2ccc(N)nc2=O)C(F)(F)[C@@H]1C. The number of halogens is 2. The molecule has 0 amide bonds. The molecule has 0 aromatic carbocycles. The van der Waals surface area contributed by atoms with E-state index in [9.17, 15) is 18.4 Å². The summed E-state index contributed by atoms with van der Waals surface area (Å²) in [5, 5.41) is 0. The molecular formula is C13H17F2N3O4.